The molecule has 0 saturated heterocycles. The number of nitrogens with two attached hydrogens (primary N) is 2. The van der Waals surface area contributed by atoms with Crippen LogP contribution in [-0.4, -0.2) is 0 Å². The van der Waals surface area contributed by atoms with Gasteiger partial charge in [-0.25, -0.2) is 9.59 Å². The highest BCUT2D eigenvalue weighted by molar-refractivity contribution is 7.23. The summed E-state index contributed by atoms with van der Waals surface area (Å²) in [7, 11) is 0. The SMILES string of the molecule is Nc1ccc2cc1oc(=O)c1c(N)c3cc(s2)c1c(=O)o3. The molecule has 2 aromatic carbocycles. The van der Waals surface area contributed by atoms with Crippen molar-refractivity contribution in [1.29, 1.82) is 0 Å². The number of hydrogen-bond donors (Lipinski definition) is 2. The minimum Gasteiger partial charge on any atom is -0.421 e. The van der Waals surface area contributed by atoms with Crippen LogP contribution >= 0.6 is 11.3 Å². The highest BCUT2D eigenvalue weighted by Gasteiger charge is 2.17. The second kappa shape index (κ2) is 3.86. The second-order valence-electron chi connectivity index (χ2n) is 4.62. The van der Waals surface area contributed by atoms with Gasteiger partial charge in [-0.15, -0.1) is 11.3 Å². The Bertz CT molecular complexity index is 1150. The van der Waals surface area contributed by atoms with Gasteiger partial charge in [0.2, 0.25) is 0 Å². The summed E-state index contributed by atoms with van der Waals surface area (Å²) in [4.78, 5) is 24.3. The van der Waals surface area contributed by atoms with Crippen molar-refractivity contribution in [2.75, 3.05) is 11.5 Å². The molecule has 4 N–H and O–H groups in total. The first-order valence-electron chi connectivity index (χ1n) is 6.03. The highest BCUT2D eigenvalue weighted by Crippen LogP contribution is 2.31. The number of anilines is 2. The lowest BCUT2D eigenvalue weighted by Gasteiger charge is -2.03. The minimum atomic E-state index is -0.714. The van der Waals surface area contributed by atoms with E-state index in [-0.39, 0.29) is 27.6 Å². The van der Waals surface area contributed by atoms with Crippen molar-refractivity contribution < 1.29 is 8.83 Å². The van der Waals surface area contributed by atoms with E-state index in [4.69, 9.17) is 20.3 Å². The number of fused-ring (bicyclic) bond motifs is 3. The number of rotatable bonds is 0. The molecule has 5 aromatic rings. The lowest BCUT2D eigenvalue weighted by Crippen LogP contribution is -2.10. The van der Waals surface area contributed by atoms with Crippen LogP contribution in [0.2, 0.25) is 0 Å². The average molecular weight is 300 g/mol. The summed E-state index contributed by atoms with van der Waals surface area (Å²) in [5.41, 5.74) is 11.2. The Kier molecular flexibility index (Phi) is 2.20. The zero-order valence-electron chi connectivity index (χ0n) is 10.5. The van der Waals surface area contributed by atoms with Gasteiger partial charge in [0.1, 0.15) is 5.39 Å². The van der Waals surface area contributed by atoms with Crippen LogP contribution in [0.4, 0.5) is 11.4 Å². The van der Waals surface area contributed by atoms with Gasteiger partial charge in [-0.3, -0.25) is 0 Å². The van der Waals surface area contributed by atoms with E-state index in [1.54, 1.807) is 24.3 Å². The molecule has 0 aliphatic rings. The maximum absolute atomic E-state index is 12.3. The smallest absolute Gasteiger partial charge is 0.346 e. The lowest BCUT2D eigenvalue weighted by atomic mass is 10.1. The summed E-state index contributed by atoms with van der Waals surface area (Å²) in [5, 5.41) is 0.173. The van der Waals surface area contributed by atoms with Crippen LogP contribution in [0.15, 0.2) is 42.7 Å². The van der Waals surface area contributed by atoms with Gasteiger partial charge in [0.25, 0.3) is 0 Å². The molecule has 6 bridgehead atoms. The number of hydrogen-bond acceptors (Lipinski definition) is 7. The molecule has 0 aliphatic heterocycles. The molecule has 7 heteroatoms. The summed E-state index contributed by atoms with van der Waals surface area (Å²) < 4.78 is 11.7. The van der Waals surface area contributed by atoms with Crippen LogP contribution < -0.4 is 22.7 Å². The van der Waals surface area contributed by atoms with Crippen LogP contribution in [0.5, 0.6) is 0 Å². The summed E-state index contributed by atoms with van der Waals surface area (Å²) in [6.07, 6.45) is 0. The second-order valence-corrected chi connectivity index (χ2v) is 5.73. The Morgan fingerprint density at radius 1 is 0.905 bits per heavy atom. The Morgan fingerprint density at radius 3 is 2.43 bits per heavy atom. The van der Waals surface area contributed by atoms with E-state index in [0.29, 0.717) is 10.4 Å². The Balaban J connectivity index is 2.49. The molecular formula is C14H8N2O4S. The molecule has 5 rings (SSSR count). The number of benzene rings is 2. The van der Waals surface area contributed by atoms with E-state index in [0.717, 1.165) is 4.70 Å². The van der Waals surface area contributed by atoms with E-state index in [1.165, 1.54) is 11.3 Å². The molecule has 0 radical (unpaired) electrons. The van der Waals surface area contributed by atoms with Gasteiger partial charge in [0.15, 0.2) is 11.2 Å². The predicted molar refractivity (Wildman–Crippen MR) is 82.7 cm³/mol. The third-order valence-corrected chi connectivity index (χ3v) is 4.35. The van der Waals surface area contributed by atoms with Crippen molar-refractivity contribution in [3.05, 3.63) is 45.1 Å². The first-order valence-corrected chi connectivity index (χ1v) is 6.84. The van der Waals surface area contributed by atoms with Crippen LogP contribution in [0, 0.1) is 0 Å². The molecule has 3 heterocycles. The Hall–Kier alpha value is -2.80. The first kappa shape index (κ1) is 12.0. The summed E-state index contributed by atoms with van der Waals surface area (Å²) in [6.45, 7) is 0. The molecule has 0 amide bonds. The third kappa shape index (κ3) is 1.58. The van der Waals surface area contributed by atoms with Gasteiger partial charge in [-0.05, 0) is 12.1 Å². The van der Waals surface area contributed by atoms with Crippen LogP contribution in [0.25, 0.3) is 31.3 Å². The minimum absolute atomic E-state index is 0.0353. The summed E-state index contributed by atoms with van der Waals surface area (Å²) in [6, 6.07) is 6.73. The van der Waals surface area contributed by atoms with E-state index in [1.807, 2.05) is 0 Å². The van der Waals surface area contributed by atoms with Gasteiger partial charge in [0, 0.05) is 21.5 Å². The van der Waals surface area contributed by atoms with Crippen molar-refractivity contribution >= 4 is 54.0 Å². The largest absolute Gasteiger partial charge is 0.421 e. The van der Waals surface area contributed by atoms with Crippen LogP contribution in [0.1, 0.15) is 0 Å². The Morgan fingerprint density at radius 2 is 1.62 bits per heavy atom. The molecule has 0 aliphatic carbocycles. The van der Waals surface area contributed by atoms with E-state index >= 15 is 0 Å². The van der Waals surface area contributed by atoms with Crippen LogP contribution in [-0.2, 0) is 0 Å². The highest BCUT2D eigenvalue weighted by atomic mass is 32.1. The Labute approximate surface area is 120 Å². The van der Waals surface area contributed by atoms with Crippen molar-refractivity contribution in [2.24, 2.45) is 0 Å². The van der Waals surface area contributed by atoms with Crippen molar-refractivity contribution in [1.82, 2.24) is 0 Å². The average Bonchev–Trinajstić information content (AvgIpc) is 2.47. The van der Waals surface area contributed by atoms with Gasteiger partial charge in [-0.2, -0.15) is 0 Å². The maximum atomic E-state index is 12.3. The van der Waals surface area contributed by atoms with E-state index in [2.05, 4.69) is 0 Å². The van der Waals surface area contributed by atoms with Crippen LogP contribution in [0.3, 0.4) is 0 Å². The third-order valence-electron chi connectivity index (χ3n) is 3.32. The molecule has 0 atom stereocenters. The molecule has 0 saturated carbocycles. The molecule has 0 spiro atoms. The number of nitrogen functional groups attached to an aromatic ring is 2. The van der Waals surface area contributed by atoms with Gasteiger partial charge >= 0.3 is 11.3 Å². The summed E-state index contributed by atoms with van der Waals surface area (Å²) in [5.74, 6) is 0. The predicted octanol–water partition coefficient (Wildman–Crippen LogP) is 2.28. The fraction of sp³-hybridized carbons (Fsp3) is 0. The van der Waals surface area contributed by atoms with Crippen molar-refractivity contribution in [3.8, 4) is 0 Å². The zero-order valence-corrected chi connectivity index (χ0v) is 11.3. The lowest BCUT2D eigenvalue weighted by molar-refractivity contribution is 0.559. The topological polar surface area (TPSA) is 112 Å². The van der Waals surface area contributed by atoms with Gasteiger partial charge in [-0.1, -0.05) is 0 Å². The molecular weight excluding hydrogens is 292 g/mol. The first-order chi connectivity index (χ1) is 10.0. The molecule has 6 nitrogen and oxygen atoms in total. The maximum Gasteiger partial charge on any atom is 0.346 e. The van der Waals surface area contributed by atoms with E-state index < -0.39 is 11.3 Å². The fourth-order valence-electron chi connectivity index (χ4n) is 2.32. The monoisotopic (exact) mass is 300 g/mol. The fourth-order valence-corrected chi connectivity index (χ4v) is 3.33. The standard InChI is InChI=1S/C14H8N2O4S/c15-6-2-1-5-3-7(6)19-14(18)11-10-9(21-5)4-8(12(11)16)20-13(10)17/h1-4H,15-16H2. The van der Waals surface area contributed by atoms with Crippen molar-refractivity contribution in [2.45, 2.75) is 0 Å². The van der Waals surface area contributed by atoms with Crippen molar-refractivity contribution in [3.63, 3.8) is 0 Å². The molecule has 3 aromatic heterocycles. The normalized spacial score (nSPS) is 11.6. The summed E-state index contributed by atoms with van der Waals surface area (Å²) >= 11 is 1.33. The van der Waals surface area contributed by atoms with E-state index in [9.17, 15) is 9.59 Å². The van der Waals surface area contributed by atoms with Gasteiger partial charge in [0.05, 0.1) is 16.8 Å². The molecule has 21 heavy (non-hydrogen) atoms. The molecule has 0 fully saturated rings. The molecule has 104 valence electrons. The molecule has 0 unspecified atom stereocenters. The van der Waals surface area contributed by atoms with Gasteiger partial charge < -0.3 is 20.3 Å². The zero-order chi connectivity index (χ0) is 14.7. The quantitative estimate of drug-likeness (QED) is 0.482.